The van der Waals surface area contributed by atoms with Crippen LogP contribution in [0, 0.1) is 5.82 Å². The first kappa shape index (κ1) is 16.4. The third-order valence-electron chi connectivity index (χ3n) is 4.19. The zero-order valence-corrected chi connectivity index (χ0v) is 14.9. The molecule has 0 aromatic heterocycles. The van der Waals surface area contributed by atoms with Gasteiger partial charge < -0.3 is 0 Å². The minimum absolute atomic E-state index is 0.179. The fourth-order valence-electron chi connectivity index (χ4n) is 2.90. The molecular weight excluding hydrogens is 353 g/mol. The number of rotatable bonds is 2. The second-order valence-corrected chi connectivity index (χ2v) is 7.58. The summed E-state index contributed by atoms with van der Waals surface area (Å²) in [5.74, 6) is -0.214. The highest BCUT2D eigenvalue weighted by Gasteiger charge is 2.22. The number of para-hydroxylation sites is 1. The van der Waals surface area contributed by atoms with Crippen LogP contribution < -0.4 is 0 Å². The Labute approximate surface area is 155 Å². The van der Waals surface area contributed by atoms with Crippen LogP contribution in [0.5, 0.6) is 0 Å². The maximum atomic E-state index is 13.3. The minimum Gasteiger partial charge on any atom is -0.252 e. The monoisotopic (exact) mass is 367 g/mol. The van der Waals surface area contributed by atoms with Crippen LogP contribution in [0.2, 0.25) is 5.02 Å². The number of fused-ring (bicyclic) bond motifs is 1. The highest BCUT2D eigenvalue weighted by atomic mass is 35.5. The van der Waals surface area contributed by atoms with Gasteiger partial charge in [-0.1, -0.05) is 48.0 Å². The fraction of sp³-hybridized carbons (Fsp3) is 0.0952. The van der Waals surface area contributed by atoms with Crippen molar-refractivity contribution < 1.29 is 4.39 Å². The minimum atomic E-state index is -0.214. The van der Waals surface area contributed by atoms with E-state index < -0.39 is 0 Å². The van der Waals surface area contributed by atoms with Crippen molar-refractivity contribution in [3.05, 3.63) is 94.8 Å². The summed E-state index contributed by atoms with van der Waals surface area (Å²) < 4.78 is 13.3. The molecule has 4 heteroatoms. The number of thioether (sulfide) groups is 1. The predicted molar refractivity (Wildman–Crippen MR) is 104 cm³/mol. The summed E-state index contributed by atoms with van der Waals surface area (Å²) >= 11 is 7.80. The summed E-state index contributed by atoms with van der Waals surface area (Å²) in [5, 5.41) is 0.890. The molecule has 0 N–H and O–H groups in total. The van der Waals surface area contributed by atoms with E-state index in [1.54, 1.807) is 11.8 Å². The van der Waals surface area contributed by atoms with Crippen molar-refractivity contribution in [2.45, 2.75) is 16.6 Å². The smallest absolute Gasteiger partial charge is 0.123 e. The molecular formula is C21H15ClFNS. The van der Waals surface area contributed by atoms with E-state index in [9.17, 15) is 4.39 Å². The van der Waals surface area contributed by atoms with Gasteiger partial charge >= 0.3 is 0 Å². The third kappa shape index (κ3) is 3.63. The molecule has 3 aromatic carbocycles. The quantitative estimate of drug-likeness (QED) is 0.483. The summed E-state index contributed by atoms with van der Waals surface area (Å²) in [6.45, 7) is 0. The molecule has 1 aliphatic heterocycles. The molecule has 0 amide bonds. The Bertz CT molecular complexity index is 919. The van der Waals surface area contributed by atoms with Gasteiger partial charge in [0.05, 0.1) is 5.69 Å². The van der Waals surface area contributed by atoms with Gasteiger partial charge in [-0.25, -0.2) is 4.39 Å². The van der Waals surface area contributed by atoms with Gasteiger partial charge in [0.1, 0.15) is 5.82 Å². The topological polar surface area (TPSA) is 12.4 Å². The molecule has 1 aliphatic rings. The number of halogens is 2. The summed E-state index contributed by atoms with van der Waals surface area (Å²) in [6, 6.07) is 22.7. The average molecular weight is 368 g/mol. The Morgan fingerprint density at radius 1 is 0.920 bits per heavy atom. The summed E-state index contributed by atoms with van der Waals surface area (Å²) in [5.41, 5.74) is 4.16. The normalized spacial score (nSPS) is 16.7. The standard InChI is InChI=1S/C21H15ClFNS/c22-16-9-5-14(6-10-16)19-13-21(15-7-11-17(23)12-8-15)25-20-4-2-1-3-18(20)24-19/h1-12,21H,13H2/t21-/m0/s1. The van der Waals surface area contributed by atoms with E-state index in [1.165, 1.54) is 12.1 Å². The van der Waals surface area contributed by atoms with E-state index in [2.05, 4.69) is 6.07 Å². The Kier molecular flexibility index (Phi) is 4.60. The second-order valence-electron chi connectivity index (χ2n) is 5.90. The molecule has 0 unspecified atom stereocenters. The molecule has 0 bridgehead atoms. The second kappa shape index (κ2) is 7.03. The zero-order chi connectivity index (χ0) is 17.2. The third-order valence-corrected chi connectivity index (χ3v) is 5.76. The van der Waals surface area contributed by atoms with E-state index in [0.29, 0.717) is 5.02 Å². The van der Waals surface area contributed by atoms with Crippen molar-refractivity contribution in [3.8, 4) is 0 Å². The molecule has 1 heterocycles. The molecule has 1 nitrogen and oxygen atoms in total. The van der Waals surface area contributed by atoms with Gasteiger partial charge in [-0.15, -0.1) is 11.8 Å². The van der Waals surface area contributed by atoms with Gasteiger partial charge in [0.2, 0.25) is 0 Å². The number of benzene rings is 3. The molecule has 0 saturated carbocycles. The van der Waals surface area contributed by atoms with E-state index in [4.69, 9.17) is 16.6 Å². The van der Waals surface area contributed by atoms with Gasteiger partial charge in [0.25, 0.3) is 0 Å². The number of hydrogen-bond acceptors (Lipinski definition) is 2. The predicted octanol–water partition coefficient (Wildman–Crippen LogP) is 6.84. The Morgan fingerprint density at radius 3 is 2.40 bits per heavy atom. The number of nitrogens with zero attached hydrogens (tertiary/aromatic N) is 1. The van der Waals surface area contributed by atoms with Crippen LogP contribution in [0.25, 0.3) is 0 Å². The molecule has 0 aliphatic carbocycles. The van der Waals surface area contributed by atoms with Crippen LogP contribution in [0.3, 0.4) is 0 Å². The fourth-order valence-corrected chi connectivity index (χ4v) is 4.26. The first-order valence-corrected chi connectivity index (χ1v) is 9.29. The van der Waals surface area contributed by atoms with Gasteiger partial charge in [0.15, 0.2) is 0 Å². The van der Waals surface area contributed by atoms with Crippen molar-refractivity contribution in [2.75, 3.05) is 0 Å². The number of hydrogen-bond donors (Lipinski definition) is 0. The summed E-state index contributed by atoms with van der Waals surface area (Å²) in [7, 11) is 0. The van der Waals surface area contributed by atoms with Gasteiger partial charge in [0, 0.05) is 27.3 Å². The maximum absolute atomic E-state index is 13.3. The Morgan fingerprint density at radius 2 is 1.64 bits per heavy atom. The summed E-state index contributed by atoms with van der Waals surface area (Å²) in [6.07, 6.45) is 0.770. The van der Waals surface area contributed by atoms with Crippen molar-refractivity contribution in [1.82, 2.24) is 0 Å². The van der Waals surface area contributed by atoms with Crippen molar-refractivity contribution in [2.24, 2.45) is 4.99 Å². The van der Waals surface area contributed by atoms with Crippen molar-refractivity contribution in [1.29, 1.82) is 0 Å². The lowest BCUT2D eigenvalue weighted by Crippen LogP contribution is -2.05. The van der Waals surface area contributed by atoms with Crippen LogP contribution in [0.1, 0.15) is 22.8 Å². The van der Waals surface area contributed by atoms with Gasteiger partial charge in [-0.3, -0.25) is 4.99 Å². The zero-order valence-electron chi connectivity index (χ0n) is 13.3. The molecule has 1 atom stereocenters. The SMILES string of the molecule is Fc1ccc([C@@H]2CC(c3ccc(Cl)cc3)=Nc3ccccc3S2)cc1. The Hall–Kier alpha value is -2.10. The van der Waals surface area contributed by atoms with Crippen LogP contribution >= 0.6 is 23.4 Å². The lowest BCUT2D eigenvalue weighted by molar-refractivity contribution is 0.627. The Balaban J connectivity index is 1.78. The van der Waals surface area contributed by atoms with Crippen LogP contribution in [0.4, 0.5) is 10.1 Å². The first-order valence-electron chi connectivity index (χ1n) is 8.04. The summed E-state index contributed by atoms with van der Waals surface area (Å²) in [4.78, 5) is 6.05. The molecule has 0 saturated heterocycles. The highest BCUT2D eigenvalue weighted by Crippen LogP contribution is 2.45. The first-order chi connectivity index (χ1) is 12.2. The molecule has 4 rings (SSSR count). The average Bonchev–Trinajstić information content (AvgIpc) is 2.82. The highest BCUT2D eigenvalue weighted by molar-refractivity contribution is 7.99. The number of aliphatic imine (C=N–C) groups is 1. The van der Waals surface area contributed by atoms with Crippen molar-refractivity contribution >= 4 is 34.8 Å². The molecule has 0 spiro atoms. The van der Waals surface area contributed by atoms with E-state index in [1.807, 2.05) is 54.6 Å². The molecule has 25 heavy (non-hydrogen) atoms. The van der Waals surface area contributed by atoms with Crippen LogP contribution in [-0.2, 0) is 0 Å². The lowest BCUT2D eigenvalue weighted by atomic mass is 10.0. The van der Waals surface area contributed by atoms with Crippen LogP contribution in [-0.4, -0.2) is 5.71 Å². The van der Waals surface area contributed by atoms with E-state index in [0.717, 1.165) is 33.8 Å². The van der Waals surface area contributed by atoms with E-state index >= 15 is 0 Å². The lowest BCUT2D eigenvalue weighted by Gasteiger charge is -2.16. The molecule has 0 radical (unpaired) electrons. The van der Waals surface area contributed by atoms with Gasteiger partial charge in [-0.2, -0.15) is 0 Å². The molecule has 3 aromatic rings. The molecule has 0 fully saturated rings. The van der Waals surface area contributed by atoms with Crippen molar-refractivity contribution in [3.63, 3.8) is 0 Å². The van der Waals surface area contributed by atoms with Gasteiger partial charge in [-0.05, 0) is 47.5 Å². The maximum Gasteiger partial charge on any atom is 0.123 e. The largest absolute Gasteiger partial charge is 0.252 e. The molecule has 124 valence electrons. The van der Waals surface area contributed by atoms with Crippen LogP contribution in [0.15, 0.2) is 82.7 Å². The van der Waals surface area contributed by atoms with E-state index in [-0.39, 0.29) is 11.1 Å².